The van der Waals surface area contributed by atoms with Gasteiger partial charge in [-0.3, -0.25) is 4.79 Å². The average Bonchev–Trinajstić information content (AvgIpc) is 2.25. The first-order valence-corrected chi connectivity index (χ1v) is 5.94. The van der Waals surface area contributed by atoms with Crippen LogP contribution in [-0.2, 0) is 11.3 Å². The van der Waals surface area contributed by atoms with Crippen molar-refractivity contribution in [3.05, 3.63) is 33.7 Å². The van der Waals surface area contributed by atoms with Gasteiger partial charge in [0.25, 0.3) is 0 Å². The van der Waals surface area contributed by atoms with Gasteiger partial charge in [-0.05, 0) is 12.8 Å². The predicted octanol–water partition coefficient (Wildman–Crippen LogP) is 1.53. The van der Waals surface area contributed by atoms with Gasteiger partial charge in [0.05, 0.1) is 6.61 Å². The first-order valence-electron chi connectivity index (χ1n) is 5.94. The lowest BCUT2D eigenvalue weighted by atomic mass is 10.2. The Bertz CT molecular complexity index is 476. The molecule has 18 heavy (non-hydrogen) atoms. The van der Waals surface area contributed by atoms with Gasteiger partial charge in [-0.1, -0.05) is 13.8 Å². The van der Waals surface area contributed by atoms with Gasteiger partial charge >= 0.3 is 5.97 Å². The van der Waals surface area contributed by atoms with Gasteiger partial charge in [0.2, 0.25) is 0 Å². The maximum atomic E-state index is 11.4. The van der Waals surface area contributed by atoms with E-state index >= 15 is 0 Å². The van der Waals surface area contributed by atoms with Gasteiger partial charge in [0, 0.05) is 31.1 Å². The van der Waals surface area contributed by atoms with Crippen molar-refractivity contribution in [2.45, 2.75) is 27.3 Å². The Kier molecular flexibility index (Phi) is 5.09. The quantitative estimate of drug-likeness (QED) is 0.781. The molecule has 1 N–H and O–H groups in total. The lowest BCUT2D eigenvalue weighted by Crippen LogP contribution is -2.20. The van der Waals surface area contributed by atoms with Crippen LogP contribution in [0.25, 0.3) is 0 Å². The molecule has 0 spiro atoms. The van der Waals surface area contributed by atoms with Crippen LogP contribution in [0.1, 0.15) is 29.9 Å². The van der Waals surface area contributed by atoms with E-state index in [1.165, 1.54) is 12.3 Å². The van der Waals surface area contributed by atoms with E-state index in [1.54, 1.807) is 11.5 Å². The SMILES string of the molecule is Cc1cc(=O)c(C(=O)O)cn1CCOCC(C)C. The van der Waals surface area contributed by atoms with E-state index < -0.39 is 11.4 Å². The fourth-order valence-electron chi connectivity index (χ4n) is 1.56. The second-order valence-corrected chi connectivity index (χ2v) is 4.66. The van der Waals surface area contributed by atoms with Crippen LogP contribution in [0.15, 0.2) is 17.1 Å². The number of aromatic nitrogens is 1. The van der Waals surface area contributed by atoms with Crippen LogP contribution < -0.4 is 5.43 Å². The topological polar surface area (TPSA) is 68.5 Å². The zero-order valence-corrected chi connectivity index (χ0v) is 11.0. The summed E-state index contributed by atoms with van der Waals surface area (Å²) < 4.78 is 7.17. The number of hydrogen-bond donors (Lipinski definition) is 1. The van der Waals surface area contributed by atoms with E-state index in [0.29, 0.717) is 25.7 Å². The molecule has 0 saturated heterocycles. The maximum absolute atomic E-state index is 11.4. The fraction of sp³-hybridized carbons (Fsp3) is 0.538. The molecule has 5 nitrogen and oxygen atoms in total. The maximum Gasteiger partial charge on any atom is 0.341 e. The molecule has 0 saturated carbocycles. The summed E-state index contributed by atoms with van der Waals surface area (Å²) in [5, 5.41) is 8.88. The van der Waals surface area contributed by atoms with Crippen LogP contribution in [-0.4, -0.2) is 28.9 Å². The number of hydrogen-bond acceptors (Lipinski definition) is 3. The second kappa shape index (κ2) is 6.35. The molecule has 100 valence electrons. The van der Waals surface area contributed by atoms with Gasteiger partial charge < -0.3 is 14.4 Å². The summed E-state index contributed by atoms with van der Waals surface area (Å²) in [5.41, 5.74) is 0.0713. The first kappa shape index (κ1) is 14.4. The third-order valence-electron chi connectivity index (χ3n) is 2.50. The number of carbonyl (C=O) groups is 1. The molecule has 1 rings (SSSR count). The van der Waals surface area contributed by atoms with Gasteiger partial charge in [-0.15, -0.1) is 0 Å². The van der Waals surface area contributed by atoms with Crippen molar-refractivity contribution >= 4 is 5.97 Å². The first-order chi connectivity index (χ1) is 8.41. The van der Waals surface area contributed by atoms with E-state index in [-0.39, 0.29) is 5.56 Å². The number of rotatable bonds is 6. The zero-order valence-electron chi connectivity index (χ0n) is 11.0. The Labute approximate surface area is 106 Å². The molecular formula is C13H19NO4. The monoisotopic (exact) mass is 253 g/mol. The third kappa shape index (κ3) is 4.00. The molecule has 1 aromatic heterocycles. The minimum Gasteiger partial charge on any atom is -0.477 e. The smallest absolute Gasteiger partial charge is 0.341 e. The zero-order chi connectivity index (χ0) is 13.7. The molecule has 0 aliphatic rings. The number of ether oxygens (including phenoxy) is 1. The van der Waals surface area contributed by atoms with Gasteiger partial charge in [-0.25, -0.2) is 4.79 Å². The highest BCUT2D eigenvalue weighted by Crippen LogP contribution is 2.00. The number of nitrogens with zero attached hydrogens (tertiary/aromatic N) is 1. The molecule has 1 heterocycles. The van der Waals surface area contributed by atoms with Crippen LogP contribution in [0.5, 0.6) is 0 Å². The molecule has 0 fully saturated rings. The number of aryl methyl sites for hydroxylation is 1. The summed E-state index contributed by atoms with van der Waals surface area (Å²) in [4.78, 5) is 22.3. The van der Waals surface area contributed by atoms with Crippen LogP contribution in [0.4, 0.5) is 0 Å². The highest BCUT2D eigenvalue weighted by molar-refractivity contribution is 5.87. The molecule has 1 aromatic rings. The number of carboxylic acids is 1. The summed E-state index contributed by atoms with van der Waals surface area (Å²) in [7, 11) is 0. The van der Waals surface area contributed by atoms with Crippen molar-refractivity contribution in [1.29, 1.82) is 0 Å². The van der Waals surface area contributed by atoms with Crippen LogP contribution in [0, 0.1) is 12.8 Å². The van der Waals surface area contributed by atoms with Gasteiger partial charge in [0.15, 0.2) is 5.43 Å². The molecule has 0 amide bonds. The number of aromatic carboxylic acids is 1. The van der Waals surface area contributed by atoms with E-state index in [2.05, 4.69) is 13.8 Å². The van der Waals surface area contributed by atoms with Crippen LogP contribution in [0.3, 0.4) is 0 Å². The van der Waals surface area contributed by atoms with Gasteiger partial charge in [-0.2, -0.15) is 0 Å². The number of pyridine rings is 1. The Morgan fingerprint density at radius 1 is 1.50 bits per heavy atom. The molecule has 0 aliphatic carbocycles. The van der Waals surface area contributed by atoms with Crippen molar-refractivity contribution in [2.75, 3.05) is 13.2 Å². The molecule has 0 radical (unpaired) electrons. The van der Waals surface area contributed by atoms with E-state index in [9.17, 15) is 9.59 Å². The van der Waals surface area contributed by atoms with E-state index in [4.69, 9.17) is 9.84 Å². The Hall–Kier alpha value is -1.62. The second-order valence-electron chi connectivity index (χ2n) is 4.66. The van der Waals surface area contributed by atoms with Crippen LogP contribution >= 0.6 is 0 Å². The van der Waals surface area contributed by atoms with E-state index in [1.807, 2.05) is 0 Å². The summed E-state index contributed by atoms with van der Waals surface area (Å²) in [6.45, 7) is 7.61. The average molecular weight is 253 g/mol. The molecule has 0 bridgehead atoms. The molecule has 0 unspecified atom stereocenters. The minimum absolute atomic E-state index is 0.204. The Morgan fingerprint density at radius 2 is 2.17 bits per heavy atom. The molecular weight excluding hydrogens is 234 g/mol. The van der Waals surface area contributed by atoms with Crippen LogP contribution in [0.2, 0.25) is 0 Å². The Morgan fingerprint density at radius 3 is 2.72 bits per heavy atom. The molecule has 0 aliphatic heterocycles. The summed E-state index contributed by atoms with van der Waals surface area (Å²) in [6, 6.07) is 1.34. The Balaban J connectivity index is 2.74. The fourth-order valence-corrected chi connectivity index (χ4v) is 1.56. The third-order valence-corrected chi connectivity index (χ3v) is 2.50. The minimum atomic E-state index is -1.20. The van der Waals surface area contributed by atoms with Crippen molar-refractivity contribution in [3.63, 3.8) is 0 Å². The summed E-state index contributed by atoms with van der Waals surface area (Å²) in [5.74, 6) is -0.730. The molecule has 5 heteroatoms. The lowest BCUT2D eigenvalue weighted by Gasteiger charge is -2.12. The molecule has 0 atom stereocenters. The van der Waals surface area contributed by atoms with E-state index in [0.717, 1.165) is 5.69 Å². The van der Waals surface area contributed by atoms with Crippen molar-refractivity contribution in [1.82, 2.24) is 4.57 Å². The standard InChI is InChI=1S/C13H19NO4/c1-9(2)8-18-5-4-14-7-11(13(16)17)12(15)6-10(14)3/h6-7,9H,4-5,8H2,1-3H3,(H,16,17). The lowest BCUT2D eigenvalue weighted by molar-refractivity contribution is 0.0693. The molecule has 0 aromatic carbocycles. The highest BCUT2D eigenvalue weighted by atomic mass is 16.5. The van der Waals surface area contributed by atoms with Crippen molar-refractivity contribution in [3.8, 4) is 0 Å². The summed E-state index contributed by atoms with van der Waals surface area (Å²) >= 11 is 0. The normalized spacial score (nSPS) is 10.9. The highest BCUT2D eigenvalue weighted by Gasteiger charge is 2.10. The van der Waals surface area contributed by atoms with Crippen molar-refractivity contribution in [2.24, 2.45) is 5.92 Å². The largest absolute Gasteiger partial charge is 0.477 e. The summed E-state index contributed by atoms with van der Waals surface area (Å²) in [6.07, 6.45) is 1.37. The number of carboxylic acid groups (broad SMARTS) is 1. The van der Waals surface area contributed by atoms with Gasteiger partial charge in [0.1, 0.15) is 5.56 Å². The van der Waals surface area contributed by atoms with Crippen molar-refractivity contribution < 1.29 is 14.6 Å². The predicted molar refractivity (Wildman–Crippen MR) is 68.1 cm³/mol.